The summed E-state index contributed by atoms with van der Waals surface area (Å²) in [5, 5.41) is 3.44. The molecule has 132 valence electrons. The van der Waals surface area contributed by atoms with Crippen LogP contribution >= 0.6 is 0 Å². The van der Waals surface area contributed by atoms with Crippen molar-refractivity contribution < 1.29 is 4.79 Å². The molecule has 4 rings (SSSR count). The first-order valence-electron chi connectivity index (χ1n) is 8.62. The quantitative estimate of drug-likeness (QED) is 0.589. The Bertz CT molecular complexity index is 1100. The van der Waals surface area contributed by atoms with E-state index in [1.165, 1.54) is 0 Å². The number of aromatic amines is 1. The minimum atomic E-state index is -0.435. The summed E-state index contributed by atoms with van der Waals surface area (Å²) >= 11 is 0. The molecule has 4 aromatic rings. The second-order valence-electron chi connectivity index (χ2n) is 6.16. The molecule has 1 amide bonds. The van der Waals surface area contributed by atoms with Crippen LogP contribution in [0, 0.1) is 0 Å². The van der Waals surface area contributed by atoms with E-state index < -0.39 is 5.91 Å². The van der Waals surface area contributed by atoms with Crippen LogP contribution in [0.2, 0.25) is 0 Å². The number of benzene rings is 3. The first kappa shape index (κ1) is 16.7. The number of rotatable bonds is 4. The largest absolute Gasteiger partial charge is 0.338 e. The van der Waals surface area contributed by atoms with Gasteiger partial charge in [-0.15, -0.1) is 0 Å². The first-order chi connectivity index (χ1) is 13.2. The van der Waals surface area contributed by atoms with E-state index in [9.17, 15) is 9.59 Å². The number of hydrogen-bond donors (Lipinski definition) is 2. The summed E-state index contributed by atoms with van der Waals surface area (Å²) in [5.74, 6) is -0.439. The smallest absolute Gasteiger partial charge is 0.287 e. The van der Waals surface area contributed by atoms with Crippen LogP contribution in [-0.4, -0.2) is 15.9 Å². The number of fused-ring (bicyclic) bond motifs is 1. The summed E-state index contributed by atoms with van der Waals surface area (Å²) in [7, 11) is 0. The lowest BCUT2D eigenvalue weighted by molar-refractivity contribution is 0.0932. The highest BCUT2D eigenvalue weighted by Gasteiger charge is 2.19. The van der Waals surface area contributed by atoms with Gasteiger partial charge in [-0.2, -0.15) is 0 Å². The number of H-pyrrole nitrogens is 1. The zero-order valence-electron chi connectivity index (χ0n) is 14.4. The molecule has 5 heteroatoms. The number of amides is 1. The summed E-state index contributed by atoms with van der Waals surface area (Å²) in [6, 6.07) is 26.0. The fourth-order valence-corrected chi connectivity index (χ4v) is 3.04. The lowest BCUT2D eigenvalue weighted by Gasteiger charge is -2.19. The molecule has 0 aliphatic rings. The van der Waals surface area contributed by atoms with Gasteiger partial charge in [0.2, 0.25) is 0 Å². The van der Waals surface area contributed by atoms with Gasteiger partial charge in [-0.1, -0.05) is 72.8 Å². The van der Waals surface area contributed by atoms with E-state index in [4.69, 9.17) is 0 Å². The maximum Gasteiger partial charge on any atom is 0.287 e. The molecule has 0 saturated heterocycles. The van der Waals surface area contributed by atoms with E-state index in [2.05, 4.69) is 15.3 Å². The van der Waals surface area contributed by atoms with Crippen molar-refractivity contribution in [2.75, 3.05) is 0 Å². The number of nitrogens with zero attached hydrogens (tertiary/aromatic N) is 1. The Morgan fingerprint density at radius 2 is 1.37 bits per heavy atom. The highest BCUT2D eigenvalue weighted by molar-refractivity contribution is 5.93. The molecule has 0 unspecified atom stereocenters. The Morgan fingerprint density at radius 1 is 0.815 bits per heavy atom. The van der Waals surface area contributed by atoms with Crippen LogP contribution in [0.4, 0.5) is 0 Å². The van der Waals surface area contributed by atoms with Gasteiger partial charge in [0.1, 0.15) is 0 Å². The maximum atomic E-state index is 12.9. The van der Waals surface area contributed by atoms with Crippen molar-refractivity contribution in [1.82, 2.24) is 15.3 Å². The molecule has 0 atom stereocenters. The van der Waals surface area contributed by atoms with Gasteiger partial charge in [-0.05, 0) is 23.3 Å². The van der Waals surface area contributed by atoms with Crippen LogP contribution in [-0.2, 0) is 0 Å². The Kier molecular flexibility index (Phi) is 4.49. The van der Waals surface area contributed by atoms with Crippen molar-refractivity contribution >= 4 is 16.8 Å². The van der Waals surface area contributed by atoms with E-state index in [1.54, 1.807) is 24.3 Å². The van der Waals surface area contributed by atoms with Crippen molar-refractivity contribution in [2.45, 2.75) is 6.04 Å². The third-order valence-electron chi connectivity index (χ3n) is 4.37. The predicted octanol–water partition coefficient (Wildman–Crippen LogP) is 3.44. The number of nitrogens with one attached hydrogen (secondary N) is 2. The van der Waals surface area contributed by atoms with Gasteiger partial charge in [0.25, 0.3) is 11.5 Å². The number of para-hydroxylation sites is 1. The van der Waals surface area contributed by atoms with E-state index in [0.717, 1.165) is 11.1 Å². The standard InChI is InChI=1S/C22H17N3O2/c26-21-17-13-7-8-14-18(17)23-20(25-21)22(27)24-19(15-9-3-1-4-10-15)16-11-5-2-6-12-16/h1-14,19H,(H,24,27)(H,23,25,26). The number of aromatic nitrogens is 2. The molecule has 5 nitrogen and oxygen atoms in total. The Balaban J connectivity index is 1.71. The van der Waals surface area contributed by atoms with Gasteiger partial charge in [0.15, 0.2) is 5.82 Å². The van der Waals surface area contributed by atoms with Gasteiger partial charge < -0.3 is 10.3 Å². The van der Waals surface area contributed by atoms with Crippen molar-refractivity contribution in [3.8, 4) is 0 Å². The molecule has 2 N–H and O–H groups in total. The summed E-state index contributed by atoms with van der Waals surface area (Å²) < 4.78 is 0. The van der Waals surface area contributed by atoms with E-state index in [0.29, 0.717) is 10.9 Å². The molecule has 0 saturated carbocycles. The molecular formula is C22H17N3O2. The molecule has 0 radical (unpaired) electrons. The summed E-state index contributed by atoms with van der Waals surface area (Å²) in [6.07, 6.45) is 0. The Labute approximate surface area is 155 Å². The third kappa shape index (κ3) is 3.48. The monoisotopic (exact) mass is 355 g/mol. The molecule has 1 aromatic heterocycles. The minimum absolute atomic E-state index is 0.00411. The number of hydrogen-bond acceptors (Lipinski definition) is 3. The molecule has 3 aromatic carbocycles. The van der Waals surface area contributed by atoms with Crippen molar-refractivity contribution in [3.05, 3.63) is 112 Å². The SMILES string of the molecule is O=C(NC(c1ccccc1)c1ccccc1)c1nc2ccccc2c(=O)[nH]1. The summed E-state index contributed by atoms with van der Waals surface area (Å²) in [6.45, 7) is 0. The Morgan fingerprint density at radius 3 is 2.00 bits per heavy atom. The molecule has 27 heavy (non-hydrogen) atoms. The fourth-order valence-electron chi connectivity index (χ4n) is 3.04. The van der Waals surface area contributed by atoms with E-state index in [1.807, 2.05) is 60.7 Å². The average molecular weight is 355 g/mol. The average Bonchev–Trinajstić information content (AvgIpc) is 2.73. The molecule has 0 aliphatic heterocycles. The lowest BCUT2D eigenvalue weighted by atomic mass is 9.99. The summed E-state index contributed by atoms with van der Waals surface area (Å²) in [4.78, 5) is 32.0. The number of carbonyl (C=O) groups excluding carboxylic acids is 1. The van der Waals surface area contributed by atoms with Gasteiger partial charge in [-0.3, -0.25) is 9.59 Å². The molecule has 0 aliphatic carbocycles. The van der Waals surface area contributed by atoms with E-state index in [-0.39, 0.29) is 17.4 Å². The zero-order chi connectivity index (χ0) is 18.6. The molecule has 0 fully saturated rings. The third-order valence-corrected chi connectivity index (χ3v) is 4.37. The predicted molar refractivity (Wildman–Crippen MR) is 105 cm³/mol. The van der Waals surface area contributed by atoms with Crippen LogP contribution in [0.1, 0.15) is 27.8 Å². The van der Waals surface area contributed by atoms with Gasteiger partial charge >= 0.3 is 0 Å². The minimum Gasteiger partial charge on any atom is -0.338 e. The Hall–Kier alpha value is -3.73. The van der Waals surface area contributed by atoms with E-state index >= 15 is 0 Å². The van der Waals surface area contributed by atoms with Crippen LogP contribution in [0.15, 0.2) is 89.7 Å². The molecule has 1 heterocycles. The maximum absolute atomic E-state index is 12.9. The second-order valence-corrected chi connectivity index (χ2v) is 6.16. The zero-order valence-corrected chi connectivity index (χ0v) is 14.4. The van der Waals surface area contributed by atoms with Crippen molar-refractivity contribution in [3.63, 3.8) is 0 Å². The van der Waals surface area contributed by atoms with Crippen molar-refractivity contribution in [2.24, 2.45) is 0 Å². The number of carbonyl (C=O) groups is 1. The first-order valence-corrected chi connectivity index (χ1v) is 8.62. The summed E-state index contributed by atoms with van der Waals surface area (Å²) in [5.41, 5.74) is 2.05. The highest BCUT2D eigenvalue weighted by atomic mass is 16.2. The fraction of sp³-hybridized carbons (Fsp3) is 0.0455. The molecule has 0 spiro atoms. The van der Waals surface area contributed by atoms with Crippen molar-refractivity contribution in [1.29, 1.82) is 0 Å². The molecule has 0 bridgehead atoms. The van der Waals surface area contributed by atoms with Gasteiger partial charge in [0.05, 0.1) is 16.9 Å². The topological polar surface area (TPSA) is 74.8 Å². The van der Waals surface area contributed by atoms with Crippen LogP contribution in [0.5, 0.6) is 0 Å². The normalized spacial score (nSPS) is 10.9. The van der Waals surface area contributed by atoms with Gasteiger partial charge in [0, 0.05) is 0 Å². The van der Waals surface area contributed by atoms with Gasteiger partial charge in [-0.25, -0.2) is 4.98 Å². The van der Waals surface area contributed by atoms with Crippen LogP contribution < -0.4 is 10.9 Å². The van der Waals surface area contributed by atoms with Crippen LogP contribution in [0.25, 0.3) is 10.9 Å². The second kappa shape index (κ2) is 7.25. The van der Waals surface area contributed by atoms with Crippen LogP contribution in [0.3, 0.4) is 0 Å². The molecular weight excluding hydrogens is 338 g/mol. The lowest BCUT2D eigenvalue weighted by Crippen LogP contribution is -2.32. The highest BCUT2D eigenvalue weighted by Crippen LogP contribution is 2.22.